The van der Waals surface area contributed by atoms with Crippen LogP contribution in [0.25, 0.3) is 44.2 Å². The van der Waals surface area contributed by atoms with E-state index in [0.717, 1.165) is 86.4 Å². The number of hydrogen-bond acceptors (Lipinski definition) is 8. The van der Waals surface area contributed by atoms with E-state index in [9.17, 15) is 14.4 Å². The number of H-pyrrole nitrogens is 2. The van der Waals surface area contributed by atoms with Gasteiger partial charge in [-0.3, -0.25) is 9.69 Å². The Morgan fingerprint density at radius 1 is 0.982 bits per heavy atom. The molecule has 294 valence electrons. The van der Waals surface area contributed by atoms with Crippen LogP contribution >= 0.6 is 0 Å². The Morgan fingerprint density at radius 2 is 1.79 bits per heavy atom. The lowest BCUT2D eigenvalue weighted by molar-refractivity contribution is -0.137. The third-order valence-corrected chi connectivity index (χ3v) is 11.4. The van der Waals surface area contributed by atoms with Crippen molar-refractivity contribution in [2.75, 3.05) is 13.7 Å². The molecular weight excluding hydrogens is 711 g/mol. The van der Waals surface area contributed by atoms with Crippen LogP contribution in [0.2, 0.25) is 0 Å². The number of imidazole rings is 2. The molecule has 0 saturated carbocycles. The van der Waals surface area contributed by atoms with Gasteiger partial charge in [0.15, 0.2) is 0 Å². The van der Waals surface area contributed by atoms with Crippen molar-refractivity contribution in [3.8, 4) is 28.1 Å². The van der Waals surface area contributed by atoms with Gasteiger partial charge >= 0.3 is 12.2 Å². The molecule has 0 bridgehead atoms. The Hall–Kier alpha value is -5.59. The predicted octanol–water partition coefficient (Wildman–Crippen LogP) is 8.42. The first-order chi connectivity index (χ1) is 26.7. The van der Waals surface area contributed by atoms with Crippen LogP contribution in [-0.4, -0.2) is 79.2 Å². The van der Waals surface area contributed by atoms with Gasteiger partial charge in [0.25, 0.3) is 0 Å². The molecule has 2 fully saturated rings. The summed E-state index contributed by atoms with van der Waals surface area (Å²) in [6.07, 6.45) is 3.29. The van der Waals surface area contributed by atoms with Gasteiger partial charge in [-0.05, 0) is 105 Å². The minimum atomic E-state index is -0.707. The second-order valence-corrected chi connectivity index (χ2v) is 17.0. The molecule has 13 nitrogen and oxygen atoms in total. The fraction of sp³-hybridized carbons (Fsp3) is 0.465. The smallest absolute Gasteiger partial charge is 0.410 e. The van der Waals surface area contributed by atoms with Crippen molar-refractivity contribution in [1.29, 1.82) is 0 Å². The molecule has 5 heterocycles. The van der Waals surface area contributed by atoms with Crippen molar-refractivity contribution in [2.24, 2.45) is 11.8 Å². The fourth-order valence-electron chi connectivity index (χ4n) is 8.59. The van der Waals surface area contributed by atoms with Gasteiger partial charge in [-0.1, -0.05) is 39.0 Å². The third kappa shape index (κ3) is 6.81. The lowest BCUT2D eigenvalue weighted by atomic mass is 9.92. The molecule has 13 heteroatoms. The van der Waals surface area contributed by atoms with Gasteiger partial charge in [-0.25, -0.2) is 19.6 Å². The monoisotopic (exact) mass is 761 g/mol. The van der Waals surface area contributed by atoms with E-state index in [4.69, 9.17) is 24.2 Å². The summed E-state index contributed by atoms with van der Waals surface area (Å²) in [7, 11) is 1.30. The summed E-state index contributed by atoms with van der Waals surface area (Å²) in [5.74, 6) is 2.34. The molecule has 3 aliphatic rings. The summed E-state index contributed by atoms with van der Waals surface area (Å²) < 4.78 is 17.0. The Balaban J connectivity index is 1.05. The average molecular weight is 762 g/mol. The zero-order valence-corrected chi connectivity index (χ0v) is 33.4. The number of rotatable bonds is 6. The molecule has 3 aliphatic heterocycles. The Morgan fingerprint density at radius 3 is 2.54 bits per heavy atom. The highest BCUT2D eigenvalue weighted by Gasteiger charge is 2.42. The largest absolute Gasteiger partial charge is 0.488 e. The number of nitrogens with zero attached hydrogens (tertiary/aromatic N) is 4. The Bertz CT molecular complexity index is 2340. The van der Waals surface area contributed by atoms with Gasteiger partial charge < -0.3 is 34.4 Å². The Kier molecular flexibility index (Phi) is 9.45. The van der Waals surface area contributed by atoms with Gasteiger partial charge in [0.1, 0.15) is 35.6 Å². The summed E-state index contributed by atoms with van der Waals surface area (Å²) in [6, 6.07) is 13.6. The van der Waals surface area contributed by atoms with Crippen molar-refractivity contribution >= 4 is 39.9 Å². The number of hydrogen-bond donors (Lipinski definition) is 3. The van der Waals surface area contributed by atoms with E-state index >= 15 is 0 Å². The highest BCUT2D eigenvalue weighted by Crippen LogP contribution is 2.44. The van der Waals surface area contributed by atoms with Crippen LogP contribution in [0, 0.1) is 11.8 Å². The molecule has 2 saturated heterocycles. The van der Waals surface area contributed by atoms with Gasteiger partial charge in [0.2, 0.25) is 5.91 Å². The van der Waals surface area contributed by atoms with E-state index < -0.39 is 17.7 Å². The second-order valence-electron chi connectivity index (χ2n) is 17.0. The van der Waals surface area contributed by atoms with Crippen LogP contribution in [0.4, 0.5) is 9.59 Å². The minimum absolute atomic E-state index is 0.00407. The molecule has 0 spiro atoms. The molecule has 56 heavy (non-hydrogen) atoms. The number of amides is 3. The number of alkyl carbamates (subject to hydrolysis) is 1. The molecule has 5 atom stereocenters. The van der Waals surface area contributed by atoms with Gasteiger partial charge in [-0.15, -0.1) is 0 Å². The third-order valence-electron chi connectivity index (χ3n) is 11.4. The summed E-state index contributed by atoms with van der Waals surface area (Å²) in [5, 5.41) is 4.76. The SMILES string of the molecule is COC(=O)NC(C(=O)N1C(C)CCC1c1ncc(-c2ccc3c(c2)COc2cc4c(ccc5[nH]c(C6CC(C)CN6C(=O)OC(C)(C)C)nc54)cc2-3)[nH]1)C(C)C. The maximum absolute atomic E-state index is 13.8. The van der Waals surface area contributed by atoms with Crippen molar-refractivity contribution in [3.63, 3.8) is 0 Å². The number of fused-ring (bicyclic) bond motifs is 6. The maximum atomic E-state index is 13.8. The highest BCUT2D eigenvalue weighted by atomic mass is 16.6. The molecule has 3 N–H and O–H groups in total. The van der Waals surface area contributed by atoms with E-state index in [1.807, 2.05) is 52.6 Å². The molecule has 0 aliphatic carbocycles. The standard InChI is InChI=1S/C43H51N7O6/c1-22(2)36(48-41(52)54-8)40(51)50-24(4)9-14-33(50)38-44-19-32(46-38)26-10-12-28-27(16-26)21-55-35-18-29-25(17-30(28)35)11-13-31-37(29)47-39(45-31)34-15-23(3)20-49(34)42(53)56-43(5,6)7/h10-13,16-19,22-24,33-34,36H,9,14-15,20-21H2,1-8H3,(H,44,46)(H,45,47)(H,48,52). The number of aromatic amines is 2. The molecule has 5 unspecified atom stereocenters. The topological polar surface area (TPSA) is 155 Å². The number of ether oxygens (including phenoxy) is 3. The van der Waals surface area contributed by atoms with E-state index in [-0.39, 0.29) is 36.0 Å². The number of carbonyl (C=O) groups is 3. The van der Waals surface area contributed by atoms with Crippen molar-refractivity contribution in [3.05, 3.63) is 65.9 Å². The number of likely N-dealkylation sites (tertiary alicyclic amines) is 2. The molecule has 3 amide bonds. The van der Waals surface area contributed by atoms with Gasteiger partial charge in [-0.2, -0.15) is 0 Å². The summed E-state index contributed by atoms with van der Waals surface area (Å²) in [6.45, 7) is 14.7. The first-order valence-corrected chi connectivity index (χ1v) is 19.6. The summed E-state index contributed by atoms with van der Waals surface area (Å²) in [5.41, 5.74) is 6.18. The summed E-state index contributed by atoms with van der Waals surface area (Å²) >= 11 is 0. The van der Waals surface area contributed by atoms with E-state index in [2.05, 4.69) is 64.7 Å². The first kappa shape index (κ1) is 37.3. The van der Waals surface area contributed by atoms with Crippen LogP contribution in [0.1, 0.15) is 97.0 Å². The lowest BCUT2D eigenvalue weighted by Gasteiger charge is -2.32. The number of methoxy groups -OCH3 is 1. The van der Waals surface area contributed by atoms with Crippen LogP contribution in [0.3, 0.4) is 0 Å². The van der Waals surface area contributed by atoms with E-state index in [0.29, 0.717) is 19.1 Å². The number of nitrogens with one attached hydrogen (secondary N) is 3. The average Bonchev–Trinajstić information content (AvgIpc) is 3.97. The Labute approximate surface area is 326 Å². The molecule has 0 radical (unpaired) electrons. The minimum Gasteiger partial charge on any atom is -0.488 e. The molecule has 3 aromatic carbocycles. The van der Waals surface area contributed by atoms with Crippen LogP contribution in [-0.2, 0) is 20.9 Å². The normalized spacial score (nSPS) is 21.2. The second kappa shape index (κ2) is 14.2. The van der Waals surface area contributed by atoms with Gasteiger partial charge in [0, 0.05) is 23.5 Å². The van der Waals surface area contributed by atoms with Crippen molar-refractivity contribution < 1.29 is 28.6 Å². The zero-order valence-electron chi connectivity index (χ0n) is 33.4. The molecule has 8 rings (SSSR count). The van der Waals surface area contributed by atoms with Crippen LogP contribution in [0.5, 0.6) is 5.75 Å². The van der Waals surface area contributed by atoms with E-state index in [1.165, 1.54) is 7.11 Å². The van der Waals surface area contributed by atoms with Crippen LogP contribution < -0.4 is 10.1 Å². The number of benzene rings is 3. The maximum Gasteiger partial charge on any atom is 0.410 e. The molecule has 2 aromatic heterocycles. The van der Waals surface area contributed by atoms with Crippen molar-refractivity contribution in [2.45, 2.75) is 104 Å². The fourth-order valence-corrected chi connectivity index (χ4v) is 8.59. The molecule has 5 aromatic rings. The highest BCUT2D eigenvalue weighted by molar-refractivity contribution is 6.07. The summed E-state index contributed by atoms with van der Waals surface area (Å²) in [4.78, 5) is 59.6. The first-order valence-electron chi connectivity index (χ1n) is 19.6. The van der Waals surface area contributed by atoms with E-state index in [1.54, 1.807) is 4.90 Å². The zero-order chi connectivity index (χ0) is 39.6. The van der Waals surface area contributed by atoms with Crippen LogP contribution in [0.15, 0.2) is 48.7 Å². The van der Waals surface area contributed by atoms with Gasteiger partial charge in [0.05, 0.1) is 42.1 Å². The lowest BCUT2D eigenvalue weighted by Crippen LogP contribution is -2.52. The van der Waals surface area contributed by atoms with Crippen molar-refractivity contribution in [1.82, 2.24) is 35.1 Å². The molecular formula is C43H51N7O6. The number of aromatic nitrogens is 4. The predicted molar refractivity (Wildman–Crippen MR) is 213 cm³/mol. The number of carbonyl (C=O) groups excluding carboxylic acids is 3. The quantitative estimate of drug-likeness (QED) is 0.156.